The number of aromatic nitrogens is 1. The summed E-state index contributed by atoms with van der Waals surface area (Å²) in [6, 6.07) is 16.4. The SMILES string of the molecule is O=C1S/C(=C/c2ccccc2O)C(=O)N1Cc1csc(-c2ccccc2)n1. The Morgan fingerprint density at radius 2 is 1.78 bits per heavy atom. The van der Waals surface area contributed by atoms with Crippen LogP contribution in [-0.4, -0.2) is 26.1 Å². The molecule has 1 fully saturated rings. The maximum atomic E-state index is 12.6. The molecule has 0 saturated carbocycles. The Morgan fingerprint density at radius 1 is 1.04 bits per heavy atom. The molecule has 3 aromatic rings. The number of phenols is 1. The number of hydrogen-bond donors (Lipinski definition) is 1. The number of thiazole rings is 1. The molecule has 1 saturated heterocycles. The minimum atomic E-state index is -0.373. The number of imide groups is 1. The summed E-state index contributed by atoms with van der Waals surface area (Å²) in [7, 11) is 0. The topological polar surface area (TPSA) is 70.5 Å². The fourth-order valence-electron chi connectivity index (χ4n) is 2.64. The lowest BCUT2D eigenvalue weighted by Crippen LogP contribution is -2.27. The number of nitrogens with zero attached hydrogens (tertiary/aromatic N) is 2. The summed E-state index contributed by atoms with van der Waals surface area (Å²) in [4.78, 5) is 30.9. The van der Waals surface area contributed by atoms with Gasteiger partial charge in [-0.2, -0.15) is 0 Å². The van der Waals surface area contributed by atoms with Gasteiger partial charge in [-0.1, -0.05) is 48.5 Å². The van der Waals surface area contributed by atoms with E-state index in [-0.39, 0.29) is 23.4 Å². The van der Waals surface area contributed by atoms with Crippen molar-refractivity contribution in [3.63, 3.8) is 0 Å². The number of aromatic hydroxyl groups is 1. The van der Waals surface area contributed by atoms with E-state index in [9.17, 15) is 14.7 Å². The Labute approximate surface area is 164 Å². The molecule has 0 aliphatic carbocycles. The van der Waals surface area contributed by atoms with Crippen LogP contribution in [0.2, 0.25) is 0 Å². The molecule has 2 amide bonds. The molecule has 0 unspecified atom stereocenters. The van der Waals surface area contributed by atoms with E-state index < -0.39 is 0 Å². The van der Waals surface area contributed by atoms with Crippen LogP contribution in [0, 0.1) is 0 Å². The predicted molar refractivity (Wildman–Crippen MR) is 107 cm³/mol. The molecule has 2 aromatic carbocycles. The van der Waals surface area contributed by atoms with Gasteiger partial charge in [0.1, 0.15) is 10.8 Å². The van der Waals surface area contributed by atoms with E-state index in [1.807, 2.05) is 35.7 Å². The molecule has 1 N–H and O–H groups in total. The molecule has 27 heavy (non-hydrogen) atoms. The van der Waals surface area contributed by atoms with Gasteiger partial charge in [0.15, 0.2) is 0 Å². The molecule has 7 heteroatoms. The minimum Gasteiger partial charge on any atom is -0.507 e. The molecule has 1 aromatic heterocycles. The van der Waals surface area contributed by atoms with Gasteiger partial charge in [0.2, 0.25) is 0 Å². The Morgan fingerprint density at radius 3 is 2.56 bits per heavy atom. The third-order valence-electron chi connectivity index (χ3n) is 3.99. The van der Waals surface area contributed by atoms with Crippen LogP contribution in [0.3, 0.4) is 0 Å². The highest BCUT2D eigenvalue weighted by atomic mass is 32.2. The number of para-hydroxylation sites is 1. The van der Waals surface area contributed by atoms with Crippen molar-refractivity contribution in [2.45, 2.75) is 6.54 Å². The normalized spacial score (nSPS) is 15.7. The Balaban J connectivity index is 1.54. The van der Waals surface area contributed by atoms with E-state index in [0.29, 0.717) is 16.2 Å². The van der Waals surface area contributed by atoms with Crippen LogP contribution in [0.25, 0.3) is 16.6 Å². The van der Waals surface area contributed by atoms with Crippen molar-refractivity contribution < 1.29 is 14.7 Å². The summed E-state index contributed by atoms with van der Waals surface area (Å²) in [6.07, 6.45) is 1.54. The van der Waals surface area contributed by atoms with Crippen LogP contribution in [0.1, 0.15) is 11.3 Å². The molecule has 1 aliphatic heterocycles. The van der Waals surface area contributed by atoms with Crippen molar-refractivity contribution in [1.29, 1.82) is 0 Å². The first kappa shape index (κ1) is 17.5. The number of carbonyl (C=O) groups is 2. The highest BCUT2D eigenvalue weighted by molar-refractivity contribution is 8.18. The lowest BCUT2D eigenvalue weighted by Gasteiger charge is -2.10. The molecule has 4 rings (SSSR count). The summed E-state index contributed by atoms with van der Waals surface area (Å²) in [5, 5.41) is 12.2. The van der Waals surface area contributed by atoms with Gasteiger partial charge in [-0.25, -0.2) is 4.98 Å². The quantitative estimate of drug-likeness (QED) is 0.647. The summed E-state index contributed by atoms with van der Waals surface area (Å²) < 4.78 is 0. The van der Waals surface area contributed by atoms with Gasteiger partial charge in [0.25, 0.3) is 11.1 Å². The first-order valence-corrected chi connectivity index (χ1v) is 9.84. The van der Waals surface area contributed by atoms with Crippen LogP contribution in [0.5, 0.6) is 5.75 Å². The van der Waals surface area contributed by atoms with E-state index in [4.69, 9.17) is 0 Å². The number of thioether (sulfide) groups is 1. The zero-order chi connectivity index (χ0) is 18.8. The van der Waals surface area contributed by atoms with E-state index in [1.54, 1.807) is 18.2 Å². The van der Waals surface area contributed by atoms with Crippen molar-refractivity contribution in [3.05, 3.63) is 76.1 Å². The Kier molecular flexibility index (Phi) is 4.79. The maximum absolute atomic E-state index is 12.6. The fraction of sp³-hybridized carbons (Fsp3) is 0.0500. The van der Waals surface area contributed by atoms with Gasteiger partial charge in [-0.05, 0) is 23.9 Å². The summed E-state index contributed by atoms with van der Waals surface area (Å²) in [5.74, 6) is -0.307. The van der Waals surface area contributed by atoms with Crippen molar-refractivity contribution in [2.24, 2.45) is 0 Å². The van der Waals surface area contributed by atoms with Gasteiger partial charge < -0.3 is 5.11 Å². The highest BCUT2D eigenvalue weighted by Gasteiger charge is 2.35. The van der Waals surface area contributed by atoms with Crippen molar-refractivity contribution in [2.75, 3.05) is 0 Å². The second-order valence-electron chi connectivity index (χ2n) is 5.84. The van der Waals surface area contributed by atoms with E-state index in [2.05, 4.69) is 4.98 Å². The zero-order valence-electron chi connectivity index (χ0n) is 14.0. The van der Waals surface area contributed by atoms with Crippen molar-refractivity contribution >= 4 is 40.3 Å². The summed E-state index contributed by atoms with van der Waals surface area (Å²) >= 11 is 2.35. The summed E-state index contributed by atoms with van der Waals surface area (Å²) in [5.41, 5.74) is 2.18. The first-order chi connectivity index (χ1) is 13.1. The average molecular weight is 394 g/mol. The molecule has 134 valence electrons. The second kappa shape index (κ2) is 7.38. The molecule has 0 spiro atoms. The number of benzene rings is 2. The Hall–Kier alpha value is -2.90. The molecule has 0 bridgehead atoms. The van der Waals surface area contributed by atoms with E-state index >= 15 is 0 Å². The number of hydrogen-bond acceptors (Lipinski definition) is 6. The highest BCUT2D eigenvalue weighted by Crippen LogP contribution is 2.35. The molecule has 0 atom stereocenters. The van der Waals surface area contributed by atoms with Gasteiger partial charge >= 0.3 is 0 Å². The van der Waals surface area contributed by atoms with Gasteiger partial charge in [-0.15, -0.1) is 11.3 Å². The van der Waals surface area contributed by atoms with Gasteiger partial charge in [0.05, 0.1) is 17.1 Å². The molecular weight excluding hydrogens is 380 g/mol. The monoisotopic (exact) mass is 394 g/mol. The largest absolute Gasteiger partial charge is 0.507 e. The number of rotatable bonds is 4. The van der Waals surface area contributed by atoms with E-state index in [1.165, 1.54) is 28.4 Å². The molecule has 5 nitrogen and oxygen atoms in total. The fourth-order valence-corrected chi connectivity index (χ4v) is 4.29. The van der Waals surface area contributed by atoms with Gasteiger partial charge in [0, 0.05) is 16.5 Å². The molecular formula is C20H14N2O3S2. The number of amides is 2. The third kappa shape index (κ3) is 3.65. The lowest BCUT2D eigenvalue weighted by molar-refractivity contribution is -0.123. The average Bonchev–Trinajstić information content (AvgIpc) is 3.25. The molecule has 1 aliphatic rings. The maximum Gasteiger partial charge on any atom is 0.293 e. The summed E-state index contributed by atoms with van der Waals surface area (Å²) in [6.45, 7) is 0.131. The smallest absolute Gasteiger partial charge is 0.293 e. The van der Waals surface area contributed by atoms with Crippen LogP contribution < -0.4 is 0 Å². The molecule has 0 radical (unpaired) electrons. The van der Waals surface area contributed by atoms with Crippen LogP contribution in [-0.2, 0) is 11.3 Å². The van der Waals surface area contributed by atoms with Crippen LogP contribution >= 0.6 is 23.1 Å². The first-order valence-electron chi connectivity index (χ1n) is 8.15. The molecule has 2 heterocycles. The number of carbonyl (C=O) groups excluding carboxylic acids is 2. The number of phenolic OH excluding ortho intramolecular Hbond substituents is 1. The van der Waals surface area contributed by atoms with Crippen molar-refractivity contribution in [3.8, 4) is 16.3 Å². The van der Waals surface area contributed by atoms with E-state index in [0.717, 1.165) is 22.3 Å². The van der Waals surface area contributed by atoms with Crippen LogP contribution in [0.15, 0.2) is 64.9 Å². The minimum absolute atomic E-state index is 0.0660. The standard InChI is InChI=1S/C20H14N2O3S2/c23-16-9-5-4-8-14(16)10-17-19(24)22(20(25)27-17)11-15-12-26-18(21-15)13-6-2-1-3-7-13/h1-10,12,23H,11H2/b17-10+. The zero-order valence-corrected chi connectivity index (χ0v) is 15.7. The second-order valence-corrected chi connectivity index (χ2v) is 7.69. The Bertz CT molecular complexity index is 1040. The van der Waals surface area contributed by atoms with Gasteiger partial charge in [-0.3, -0.25) is 14.5 Å². The lowest BCUT2D eigenvalue weighted by atomic mass is 10.2. The van der Waals surface area contributed by atoms with Crippen LogP contribution in [0.4, 0.5) is 4.79 Å². The third-order valence-corrected chi connectivity index (χ3v) is 5.84. The predicted octanol–water partition coefficient (Wildman–Crippen LogP) is 4.75. The van der Waals surface area contributed by atoms with Crippen molar-refractivity contribution in [1.82, 2.24) is 9.88 Å².